The van der Waals surface area contributed by atoms with Crippen LogP contribution < -0.4 is 10.1 Å². The lowest BCUT2D eigenvalue weighted by molar-refractivity contribution is 0.102. The van der Waals surface area contributed by atoms with Gasteiger partial charge in [0.15, 0.2) is 5.82 Å². The van der Waals surface area contributed by atoms with E-state index in [1.807, 2.05) is 30.3 Å². The maximum Gasteiger partial charge on any atom is 0.302 e. The highest BCUT2D eigenvalue weighted by Crippen LogP contribution is 2.24. The average molecular weight is 362 g/mol. The molecular formula is C17H13Cl2N3O2. The highest BCUT2D eigenvalue weighted by molar-refractivity contribution is 6.37. The second-order valence-electron chi connectivity index (χ2n) is 4.90. The van der Waals surface area contributed by atoms with Crippen molar-refractivity contribution < 1.29 is 9.53 Å². The van der Waals surface area contributed by atoms with Crippen molar-refractivity contribution >= 4 is 34.9 Å². The van der Waals surface area contributed by atoms with Gasteiger partial charge in [-0.2, -0.15) is 4.98 Å². The lowest BCUT2D eigenvalue weighted by Gasteiger charge is -2.05. The van der Waals surface area contributed by atoms with Crippen molar-refractivity contribution in [1.82, 2.24) is 9.55 Å². The van der Waals surface area contributed by atoms with Crippen molar-refractivity contribution in [2.24, 2.45) is 0 Å². The lowest BCUT2D eigenvalue weighted by atomic mass is 10.2. The number of halogens is 2. The fourth-order valence-electron chi connectivity index (χ4n) is 2.20. The van der Waals surface area contributed by atoms with Gasteiger partial charge in [0.25, 0.3) is 5.91 Å². The van der Waals surface area contributed by atoms with Crippen LogP contribution in [0.25, 0.3) is 5.69 Å². The number of nitrogens with one attached hydrogen (secondary N) is 1. The largest absolute Gasteiger partial charge is 0.468 e. The van der Waals surface area contributed by atoms with Gasteiger partial charge in [0.1, 0.15) is 0 Å². The molecule has 1 amide bonds. The molecule has 2 aromatic carbocycles. The van der Waals surface area contributed by atoms with Crippen molar-refractivity contribution in [3.05, 3.63) is 70.3 Å². The van der Waals surface area contributed by atoms with E-state index < -0.39 is 0 Å². The smallest absolute Gasteiger partial charge is 0.302 e. The molecule has 0 unspecified atom stereocenters. The number of imidazole rings is 1. The normalized spacial score (nSPS) is 10.5. The molecule has 3 rings (SSSR count). The molecule has 0 fully saturated rings. The Morgan fingerprint density at radius 1 is 1.17 bits per heavy atom. The Kier molecular flexibility index (Phi) is 4.74. The number of nitrogens with zero attached hydrogens (tertiary/aromatic N) is 2. The molecule has 0 aliphatic rings. The third-order valence-corrected chi connectivity index (χ3v) is 3.86. The SMILES string of the molecule is COc1nc(NC(=O)c2ccc(Cl)cc2Cl)cn1-c1ccccc1. The molecule has 5 nitrogen and oxygen atoms in total. The summed E-state index contributed by atoms with van der Waals surface area (Å²) in [6.07, 6.45) is 1.68. The van der Waals surface area contributed by atoms with Gasteiger partial charge in [-0.15, -0.1) is 0 Å². The van der Waals surface area contributed by atoms with Crippen molar-refractivity contribution in [3.63, 3.8) is 0 Å². The van der Waals surface area contributed by atoms with E-state index in [1.54, 1.807) is 22.9 Å². The van der Waals surface area contributed by atoms with Crippen LogP contribution in [0.15, 0.2) is 54.7 Å². The van der Waals surface area contributed by atoms with Crippen LogP contribution in [0.4, 0.5) is 5.82 Å². The van der Waals surface area contributed by atoms with Gasteiger partial charge in [0.05, 0.1) is 29.6 Å². The fourth-order valence-corrected chi connectivity index (χ4v) is 2.69. The number of hydrogen-bond acceptors (Lipinski definition) is 3. The number of aromatic nitrogens is 2. The van der Waals surface area contributed by atoms with E-state index in [0.29, 0.717) is 22.4 Å². The molecule has 0 atom stereocenters. The van der Waals surface area contributed by atoms with Crippen molar-refractivity contribution in [2.45, 2.75) is 0 Å². The van der Waals surface area contributed by atoms with Crippen molar-refractivity contribution in [1.29, 1.82) is 0 Å². The summed E-state index contributed by atoms with van der Waals surface area (Å²) in [5.41, 5.74) is 1.18. The van der Waals surface area contributed by atoms with Gasteiger partial charge in [0.2, 0.25) is 0 Å². The van der Waals surface area contributed by atoms with Crippen molar-refractivity contribution in [3.8, 4) is 11.7 Å². The summed E-state index contributed by atoms with van der Waals surface area (Å²) in [5, 5.41) is 3.44. The number of benzene rings is 2. The first-order valence-electron chi connectivity index (χ1n) is 7.03. The van der Waals surface area contributed by atoms with Gasteiger partial charge < -0.3 is 10.1 Å². The summed E-state index contributed by atoms with van der Waals surface area (Å²) in [6, 6.07) is 14.6. The number of para-hydroxylation sites is 1. The first-order valence-corrected chi connectivity index (χ1v) is 7.79. The number of rotatable bonds is 4. The minimum absolute atomic E-state index is 0.273. The summed E-state index contributed by atoms with van der Waals surface area (Å²) < 4.78 is 7.00. The van der Waals surface area contributed by atoms with Gasteiger partial charge in [-0.1, -0.05) is 41.4 Å². The van der Waals surface area contributed by atoms with Crippen molar-refractivity contribution in [2.75, 3.05) is 12.4 Å². The zero-order chi connectivity index (χ0) is 17.1. The number of hydrogen-bond donors (Lipinski definition) is 1. The van der Waals surface area contributed by atoms with E-state index in [1.165, 1.54) is 13.2 Å². The van der Waals surface area contributed by atoms with E-state index in [-0.39, 0.29) is 10.9 Å². The van der Waals surface area contributed by atoms with E-state index >= 15 is 0 Å². The van der Waals surface area contributed by atoms with E-state index in [9.17, 15) is 4.79 Å². The standard InChI is InChI=1S/C17H13Cl2N3O2/c1-24-17-21-15(10-22(17)12-5-3-2-4-6-12)20-16(23)13-8-7-11(18)9-14(13)19/h2-10H,1H3,(H,20,23). The summed E-state index contributed by atoms with van der Waals surface area (Å²) in [5.74, 6) is -0.0243. The number of carbonyl (C=O) groups excluding carboxylic acids is 1. The molecule has 0 saturated heterocycles. The molecule has 0 aliphatic carbocycles. The maximum atomic E-state index is 12.4. The molecule has 0 saturated carbocycles. The Morgan fingerprint density at radius 2 is 1.92 bits per heavy atom. The minimum atomic E-state index is -0.378. The average Bonchev–Trinajstić information content (AvgIpc) is 2.98. The second kappa shape index (κ2) is 6.95. The Balaban J connectivity index is 1.88. The fraction of sp³-hybridized carbons (Fsp3) is 0.0588. The highest BCUT2D eigenvalue weighted by atomic mass is 35.5. The van der Waals surface area contributed by atoms with Crippen LogP contribution in [0.1, 0.15) is 10.4 Å². The number of anilines is 1. The third-order valence-electron chi connectivity index (χ3n) is 3.31. The van der Waals surface area contributed by atoms with E-state index in [2.05, 4.69) is 10.3 Å². The van der Waals surface area contributed by atoms with Crippen LogP contribution in [0.2, 0.25) is 10.0 Å². The van der Waals surface area contributed by atoms with Gasteiger partial charge in [-0.25, -0.2) is 0 Å². The third kappa shape index (κ3) is 3.37. The number of ether oxygens (including phenoxy) is 1. The van der Waals surface area contributed by atoms with Crippen LogP contribution in [0, 0.1) is 0 Å². The van der Waals surface area contributed by atoms with Gasteiger partial charge in [0, 0.05) is 5.02 Å². The summed E-state index contributed by atoms with van der Waals surface area (Å²) in [7, 11) is 1.52. The van der Waals surface area contributed by atoms with Crippen LogP contribution in [0.3, 0.4) is 0 Å². The molecule has 0 aliphatic heterocycles. The zero-order valence-corrected chi connectivity index (χ0v) is 14.2. The summed E-state index contributed by atoms with van der Waals surface area (Å²) in [6.45, 7) is 0. The minimum Gasteiger partial charge on any atom is -0.468 e. The predicted molar refractivity (Wildman–Crippen MR) is 94.5 cm³/mol. The first-order chi connectivity index (χ1) is 11.6. The summed E-state index contributed by atoms with van der Waals surface area (Å²) >= 11 is 11.9. The molecule has 122 valence electrons. The number of methoxy groups -OCH3 is 1. The molecule has 0 bridgehead atoms. The predicted octanol–water partition coefficient (Wildman–Crippen LogP) is 4.44. The first kappa shape index (κ1) is 16.4. The molecule has 1 aromatic heterocycles. The maximum absolute atomic E-state index is 12.4. The zero-order valence-electron chi connectivity index (χ0n) is 12.7. The van der Waals surface area contributed by atoms with E-state index in [4.69, 9.17) is 27.9 Å². The Bertz CT molecular complexity index is 879. The van der Waals surface area contributed by atoms with Gasteiger partial charge in [-0.3, -0.25) is 9.36 Å². The number of amides is 1. The highest BCUT2D eigenvalue weighted by Gasteiger charge is 2.15. The lowest BCUT2D eigenvalue weighted by Crippen LogP contribution is -2.12. The van der Waals surface area contributed by atoms with E-state index in [0.717, 1.165) is 5.69 Å². The quantitative estimate of drug-likeness (QED) is 0.747. The molecule has 3 aromatic rings. The van der Waals surface area contributed by atoms with Crippen LogP contribution in [0.5, 0.6) is 6.01 Å². The topological polar surface area (TPSA) is 56.1 Å². The second-order valence-corrected chi connectivity index (χ2v) is 5.74. The van der Waals surface area contributed by atoms with Crippen LogP contribution >= 0.6 is 23.2 Å². The summed E-state index contributed by atoms with van der Waals surface area (Å²) in [4.78, 5) is 16.6. The molecule has 0 spiro atoms. The molecule has 7 heteroatoms. The Morgan fingerprint density at radius 3 is 2.58 bits per heavy atom. The molecule has 24 heavy (non-hydrogen) atoms. The molecule has 1 N–H and O–H groups in total. The Hall–Kier alpha value is -2.50. The molecule has 0 radical (unpaired) electrons. The molecule has 1 heterocycles. The Labute approximate surface area is 148 Å². The molecular weight excluding hydrogens is 349 g/mol. The monoisotopic (exact) mass is 361 g/mol. The van der Waals surface area contributed by atoms with Crippen LogP contribution in [-0.2, 0) is 0 Å². The van der Waals surface area contributed by atoms with Gasteiger partial charge in [-0.05, 0) is 30.3 Å². The van der Waals surface area contributed by atoms with Crippen LogP contribution in [-0.4, -0.2) is 22.6 Å². The number of carbonyl (C=O) groups is 1. The van der Waals surface area contributed by atoms with Gasteiger partial charge >= 0.3 is 6.01 Å².